The lowest BCUT2D eigenvalue weighted by Crippen LogP contribution is -2.25. The SMILES string of the molecule is CCC[C@H]1CC[C@H]([C@H]2CC[C@H](c3ccccc3F)CC2)CC1. The first-order valence-corrected chi connectivity index (χ1v) is 9.52. The molecule has 2 fully saturated rings. The molecule has 122 valence electrons. The van der Waals surface area contributed by atoms with Crippen LogP contribution >= 0.6 is 0 Å². The Morgan fingerprint density at radius 1 is 0.864 bits per heavy atom. The second-order valence-corrected chi connectivity index (χ2v) is 7.70. The summed E-state index contributed by atoms with van der Waals surface area (Å²) in [5.74, 6) is 3.37. The van der Waals surface area contributed by atoms with Gasteiger partial charge in [-0.15, -0.1) is 0 Å². The molecule has 0 bridgehead atoms. The molecule has 0 aromatic heterocycles. The number of benzene rings is 1. The van der Waals surface area contributed by atoms with Crippen molar-refractivity contribution in [3.05, 3.63) is 35.6 Å². The van der Waals surface area contributed by atoms with Gasteiger partial charge in [0.1, 0.15) is 5.82 Å². The molecule has 0 radical (unpaired) electrons. The summed E-state index contributed by atoms with van der Waals surface area (Å²) in [5, 5.41) is 0. The summed E-state index contributed by atoms with van der Waals surface area (Å²) < 4.78 is 13.9. The molecule has 0 spiro atoms. The maximum Gasteiger partial charge on any atom is 0.126 e. The lowest BCUT2D eigenvalue weighted by atomic mass is 9.68. The molecule has 0 saturated heterocycles. The maximum absolute atomic E-state index is 13.9. The van der Waals surface area contributed by atoms with Crippen molar-refractivity contribution in [2.45, 2.75) is 77.0 Å². The zero-order valence-electron chi connectivity index (χ0n) is 14.1. The third-order valence-corrected chi connectivity index (χ3v) is 6.37. The molecule has 0 heterocycles. The second kappa shape index (κ2) is 7.62. The highest BCUT2D eigenvalue weighted by Gasteiger charge is 2.31. The summed E-state index contributed by atoms with van der Waals surface area (Å²) >= 11 is 0. The molecule has 2 saturated carbocycles. The van der Waals surface area contributed by atoms with Crippen molar-refractivity contribution in [3.8, 4) is 0 Å². The molecule has 2 aliphatic carbocycles. The molecule has 1 heteroatoms. The van der Waals surface area contributed by atoms with E-state index in [4.69, 9.17) is 0 Å². The summed E-state index contributed by atoms with van der Waals surface area (Å²) in [6, 6.07) is 7.41. The molecule has 1 aromatic carbocycles. The van der Waals surface area contributed by atoms with Crippen LogP contribution in [0.4, 0.5) is 4.39 Å². The fourth-order valence-electron chi connectivity index (χ4n) is 5.06. The Hall–Kier alpha value is -0.850. The van der Waals surface area contributed by atoms with E-state index >= 15 is 0 Å². The molecule has 0 amide bonds. The highest BCUT2D eigenvalue weighted by Crippen LogP contribution is 2.44. The molecule has 0 N–H and O–H groups in total. The van der Waals surface area contributed by atoms with Crippen molar-refractivity contribution in [1.29, 1.82) is 0 Å². The lowest BCUT2D eigenvalue weighted by molar-refractivity contribution is 0.156. The van der Waals surface area contributed by atoms with E-state index in [9.17, 15) is 4.39 Å². The van der Waals surface area contributed by atoms with Gasteiger partial charge in [0, 0.05) is 0 Å². The summed E-state index contributed by atoms with van der Waals surface area (Å²) in [6.45, 7) is 2.32. The van der Waals surface area contributed by atoms with Gasteiger partial charge in [0.2, 0.25) is 0 Å². The van der Waals surface area contributed by atoms with Crippen LogP contribution in [-0.4, -0.2) is 0 Å². The van der Waals surface area contributed by atoms with E-state index in [0.717, 1.165) is 23.3 Å². The zero-order valence-corrected chi connectivity index (χ0v) is 14.1. The number of halogens is 1. The van der Waals surface area contributed by atoms with Crippen LogP contribution in [-0.2, 0) is 0 Å². The van der Waals surface area contributed by atoms with Crippen LogP contribution in [0.3, 0.4) is 0 Å². The summed E-state index contributed by atoms with van der Waals surface area (Å²) in [4.78, 5) is 0. The molecule has 3 rings (SSSR count). The van der Waals surface area contributed by atoms with Crippen molar-refractivity contribution in [3.63, 3.8) is 0 Å². The number of hydrogen-bond acceptors (Lipinski definition) is 0. The molecule has 0 aliphatic heterocycles. The van der Waals surface area contributed by atoms with Crippen molar-refractivity contribution in [2.75, 3.05) is 0 Å². The minimum absolute atomic E-state index is 0.00558. The highest BCUT2D eigenvalue weighted by atomic mass is 19.1. The predicted octanol–water partition coefficient (Wildman–Crippen LogP) is 6.71. The fraction of sp³-hybridized carbons (Fsp3) is 0.714. The lowest BCUT2D eigenvalue weighted by Gasteiger charge is -2.38. The zero-order chi connectivity index (χ0) is 15.4. The van der Waals surface area contributed by atoms with Gasteiger partial charge in [-0.3, -0.25) is 0 Å². The molecule has 0 atom stereocenters. The Balaban J connectivity index is 1.49. The van der Waals surface area contributed by atoms with E-state index in [1.54, 1.807) is 12.1 Å². The average molecular weight is 302 g/mol. The van der Waals surface area contributed by atoms with E-state index in [-0.39, 0.29) is 5.82 Å². The minimum Gasteiger partial charge on any atom is -0.207 e. The van der Waals surface area contributed by atoms with Crippen molar-refractivity contribution in [1.82, 2.24) is 0 Å². The Labute approximate surface area is 135 Å². The molecule has 2 aliphatic rings. The minimum atomic E-state index is 0.00558. The van der Waals surface area contributed by atoms with Gasteiger partial charge in [0.15, 0.2) is 0 Å². The van der Waals surface area contributed by atoms with Crippen LogP contribution in [0.5, 0.6) is 0 Å². The molecule has 0 unspecified atom stereocenters. The molecule has 22 heavy (non-hydrogen) atoms. The fourth-order valence-corrected chi connectivity index (χ4v) is 5.06. The van der Waals surface area contributed by atoms with Gasteiger partial charge in [-0.05, 0) is 73.8 Å². The van der Waals surface area contributed by atoms with E-state index in [0.29, 0.717) is 5.92 Å². The first-order valence-electron chi connectivity index (χ1n) is 9.52. The van der Waals surface area contributed by atoms with E-state index in [1.807, 2.05) is 12.1 Å². The molecule has 1 aromatic rings. The van der Waals surface area contributed by atoms with E-state index in [1.165, 1.54) is 64.2 Å². The van der Waals surface area contributed by atoms with Crippen molar-refractivity contribution >= 4 is 0 Å². The molecular weight excluding hydrogens is 271 g/mol. The normalized spacial score (nSPS) is 32.8. The Morgan fingerprint density at radius 3 is 2.05 bits per heavy atom. The Morgan fingerprint density at radius 2 is 1.45 bits per heavy atom. The Bertz CT molecular complexity index is 451. The largest absolute Gasteiger partial charge is 0.207 e. The Kier molecular flexibility index (Phi) is 5.55. The van der Waals surface area contributed by atoms with Gasteiger partial charge in [-0.1, -0.05) is 50.8 Å². The molecular formula is C21H31F. The molecule has 0 nitrogen and oxygen atoms in total. The van der Waals surface area contributed by atoms with E-state index < -0.39 is 0 Å². The van der Waals surface area contributed by atoms with Crippen molar-refractivity contribution < 1.29 is 4.39 Å². The van der Waals surface area contributed by atoms with Gasteiger partial charge in [0.25, 0.3) is 0 Å². The summed E-state index contributed by atoms with van der Waals surface area (Å²) in [5.41, 5.74) is 0.965. The van der Waals surface area contributed by atoms with Gasteiger partial charge in [-0.2, -0.15) is 0 Å². The quantitative estimate of drug-likeness (QED) is 0.580. The van der Waals surface area contributed by atoms with Gasteiger partial charge >= 0.3 is 0 Å². The first-order chi connectivity index (χ1) is 10.8. The van der Waals surface area contributed by atoms with Crippen molar-refractivity contribution in [2.24, 2.45) is 17.8 Å². The van der Waals surface area contributed by atoms with E-state index in [2.05, 4.69) is 6.92 Å². The number of hydrogen-bond donors (Lipinski definition) is 0. The monoisotopic (exact) mass is 302 g/mol. The predicted molar refractivity (Wildman–Crippen MR) is 91.5 cm³/mol. The van der Waals surface area contributed by atoms with Crippen LogP contribution in [0.25, 0.3) is 0 Å². The summed E-state index contributed by atoms with van der Waals surface area (Å²) in [7, 11) is 0. The third kappa shape index (κ3) is 3.73. The smallest absolute Gasteiger partial charge is 0.126 e. The third-order valence-electron chi connectivity index (χ3n) is 6.37. The maximum atomic E-state index is 13.9. The first kappa shape index (κ1) is 16.0. The average Bonchev–Trinajstić information content (AvgIpc) is 2.57. The topological polar surface area (TPSA) is 0 Å². The van der Waals surface area contributed by atoms with Crippen LogP contribution in [0.1, 0.15) is 82.6 Å². The van der Waals surface area contributed by atoms with Crippen LogP contribution in [0, 0.1) is 23.6 Å². The van der Waals surface area contributed by atoms with Crippen LogP contribution < -0.4 is 0 Å². The van der Waals surface area contributed by atoms with Crippen LogP contribution in [0.2, 0.25) is 0 Å². The number of rotatable bonds is 4. The standard InChI is InChI=1S/C21H31F/c1-2-5-16-8-10-17(11-9-16)18-12-14-19(15-13-18)20-6-3-4-7-21(20)22/h3-4,6-7,16-19H,2,5,8-15H2,1H3/t16-,17-,18-,19-. The van der Waals surface area contributed by atoms with Gasteiger partial charge in [0.05, 0.1) is 0 Å². The van der Waals surface area contributed by atoms with Gasteiger partial charge in [-0.25, -0.2) is 4.39 Å². The van der Waals surface area contributed by atoms with Crippen LogP contribution in [0.15, 0.2) is 24.3 Å². The second-order valence-electron chi connectivity index (χ2n) is 7.70. The summed E-state index contributed by atoms with van der Waals surface area (Å²) in [6.07, 6.45) is 13.7. The van der Waals surface area contributed by atoms with Gasteiger partial charge < -0.3 is 0 Å². The highest BCUT2D eigenvalue weighted by molar-refractivity contribution is 5.22.